The van der Waals surface area contributed by atoms with Crippen molar-refractivity contribution in [3.63, 3.8) is 0 Å². The van der Waals surface area contributed by atoms with Gasteiger partial charge >= 0.3 is 0 Å². The molecule has 68 valence electrons. The Kier molecular flexibility index (Phi) is 3.71. The molecule has 3 N–H and O–H groups in total. The van der Waals surface area contributed by atoms with Crippen LogP contribution in [0.4, 0.5) is 5.82 Å². The summed E-state index contributed by atoms with van der Waals surface area (Å²) >= 11 is 0. The Balaban J connectivity index is 2.20. The molecule has 2 heteroatoms. The summed E-state index contributed by atoms with van der Waals surface area (Å²) in [5.74, 6) is 0.839. The van der Waals surface area contributed by atoms with Crippen molar-refractivity contribution in [3.05, 3.63) is 17.8 Å². The van der Waals surface area contributed by atoms with Crippen LogP contribution in [0.5, 0.6) is 0 Å². The van der Waals surface area contributed by atoms with Crippen molar-refractivity contribution < 1.29 is 0 Å². The van der Waals surface area contributed by atoms with Crippen molar-refractivity contribution in [2.75, 3.05) is 5.73 Å². The second-order valence-corrected chi connectivity index (χ2v) is 3.23. The van der Waals surface area contributed by atoms with E-state index >= 15 is 0 Å². The van der Waals surface area contributed by atoms with Crippen LogP contribution in [-0.2, 0) is 6.42 Å². The van der Waals surface area contributed by atoms with Gasteiger partial charge in [0.15, 0.2) is 0 Å². The van der Waals surface area contributed by atoms with Gasteiger partial charge in [0.2, 0.25) is 0 Å². The number of aromatic nitrogens is 1. The number of unbranched alkanes of at least 4 members (excludes halogenated alkanes) is 3. The number of H-pyrrole nitrogens is 1. The van der Waals surface area contributed by atoms with E-state index in [0.717, 1.165) is 12.2 Å². The van der Waals surface area contributed by atoms with E-state index in [2.05, 4.69) is 18.0 Å². The Labute approximate surface area is 74.2 Å². The predicted octanol–water partition coefficient (Wildman–Crippen LogP) is 2.72. The maximum Gasteiger partial charge on any atom is 0.103 e. The number of nitrogen functional groups attached to an aromatic ring is 1. The summed E-state index contributed by atoms with van der Waals surface area (Å²) in [6.07, 6.45) is 8.24. The number of aromatic amines is 1. The first-order valence-electron chi connectivity index (χ1n) is 4.76. The minimum absolute atomic E-state index is 0.839. The fourth-order valence-corrected chi connectivity index (χ4v) is 1.37. The number of nitrogens with one attached hydrogen (secondary N) is 1. The first kappa shape index (κ1) is 9.17. The molecule has 0 fully saturated rings. The molecule has 2 nitrogen and oxygen atoms in total. The normalized spacial score (nSPS) is 10.4. The summed E-state index contributed by atoms with van der Waals surface area (Å²) < 4.78 is 0. The summed E-state index contributed by atoms with van der Waals surface area (Å²) in [7, 11) is 0. The van der Waals surface area contributed by atoms with Gasteiger partial charge in [0.25, 0.3) is 0 Å². The monoisotopic (exact) mass is 166 g/mol. The average Bonchev–Trinajstić information content (AvgIpc) is 2.46. The Morgan fingerprint density at radius 1 is 1.33 bits per heavy atom. The van der Waals surface area contributed by atoms with Crippen molar-refractivity contribution in [2.24, 2.45) is 0 Å². The summed E-state index contributed by atoms with van der Waals surface area (Å²) in [5.41, 5.74) is 6.97. The predicted molar refractivity (Wildman–Crippen MR) is 53.1 cm³/mol. The molecule has 0 spiro atoms. The number of rotatable bonds is 5. The molecule has 0 aliphatic heterocycles. The molecule has 12 heavy (non-hydrogen) atoms. The molecule has 1 aromatic heterocycles. The van der Waals surface area contributed by atoms with Crippen molar-refractivity contribution in [1.29, 1.82) is 0 Å². The van der Waals surface area contributed by atoms with Crippen molar-refractivity contribution in [1.82, 2.24) is 4.98 Å². The summed E-state index contributed by atoms with van der Waals surface area (Å²) in [5, 5.41) is 0. The lowest BCUT2D eigenvalue weighted by atomic mass is 10.1. The molecular formula is C10H18N2. The van der Waals surface area contributed by atoms with E-state index in [1.54, 1.807) is 0 Å². The average molecular weight is 166 g/mol. The zero-order valence-corrected chi connectivity index (χ0v) is 7.77. The zero-order valence-electron chi connectivity index (χ0n) is 7.77. The first-order chi connectivity index (χ1) is 5.84. The third-order valence-electron chi connectivity index (χ3n) is 2.17. The largest absolute Gasteiger partial charge is 0.385 e. The topological polar surface area (TPSA) is 41.8 Å². The number of hydrogen-bond donors (Lipinski definition) is 2. The zero-order chi connectivity index (χ0) is 8.81. The van der Waals surface area contributed by atoms with Gasteiger partial charge in [-0.25, -0.2) is 0 Å². The van der Waals surface area contributed by atoms with Crippen LogP contribution in [0.3, 0.4) is 0 Å². The molecule has 0 aromatic carbocycles. The minimum Gasteiger partial charge on any atom is -0.385 e. The van der Waals surface area contributed by atoms with E-state index in [1.807, 2.05) is 6.20 Å². The van der Waals surface area contributed by atoms with Crippen molar-refractivity contribution in [2.45, 2.75) is 39.0 Å². The fourth-order valence-electron chi connectivity index (χ4n) is 1.37. The van der Waals surface area contributed by atoms with E-state index in [1.165, 1.54) is 31.2 Å². The molecule has 0 aliphatic rings. The van der Waals surface area contributed by atoms with Crippen LogP contribution >= 0.6 is 0 Å². The summed E-state index contributed by atoms with van der Waals surface area (Å²) in [6.45, 7) is 2.23. The molecule has 0 aliphatic carbocycles. The van der Waals surface area contributed by atoms with Gasteiger partial charge in [0, 0.05) is 6.20 Å². The third kappa shape index (κ3) is 2.61. The lowest BCUT2D eigenvalue weighted by Gasteiger charge is -1.98. The van der Waals surface area contributed by atoms with Crippen LogP contribution in [0.25, 0.3) is 0 Å². The highest BCUT2D eigenvalue weighted by Crippen LogP contribution is 2.12. The molecule has 0 saturated heterocycles. The molecule has 0 radical (unpaired) electrons. The highest BCUT2D eigenvalue weighted by molar-refractivity contribution is 5.39. The van der Waals surface area contributed by atoms with Crippen LogP contribution in [-0.4, -0.2) is 4.98 Å². The number of aryl methyl sites for hydroxylation is 1. The van der Waals surface area contributed by atoms with E-state index < -0.39 is 0 Å². The number of anilines is 1. The summed E-state index contributed by atoms with van der Waals surface area (Å²) in [4.78, 5) is 2.99. The molecule has 0 bridgehead atoms. The maximum absolute atomic E-state index is 5.70. The Morgan fingerprint density at radius 2 is 2.17 bits per heavy atom. The van der Waals surface area contributed by atoms with E-state index in [4.69, 9.17) is 5.73 Å². The third-order valence-corrected chi connectivity index (χ3v) is 2.17. The van der Waals surface area contributed by atoms with Gasteiger partial charge in [-0.3, -0.25) is 0 Å². The van der Waals surface area contributed by atoms with E-state index in [-0.39, 0.29) is 0 Å². The van der Waals surface area contributed by atoms with Crippen LogP contribution in [0.1, 0.15) is 38.2 Å². The Hall–Kier alpha value is -0.920. The lowest BCUT2D eigenvalue weighted by Crippen LogP contribution is -1.91. The van der Waals surface area contributed by atoms with Gasteiger partial charge < -0.3 is 10.7 Å². The van der Waals surface area contributed by atoms with Gasteiger partial charge in [0.1, 0.15) is 5.82 Å². The summed E-state index contributed by atoms with van der Waals surface area (Å²) in [6, 6.07) is 2.07. The highest BCUT2D eigenvalue weighted by atomic mass is 14.8. The quantitative estimate of drug-likeness (QED) is 0.649. The van der Waals surface area contributed by atoms with Gasteiger partial charge in [-0.15, -0.1) is 0 Å². The van der Waals surface area contributed by atoms with Crippen LogP contribution in [0.15, 0.2) is 12.3 Å². The van der Waals surface area contributed by atoms with E-state index in [9.17, 15) is 0 Å². The van der Waals surface area contributed by atoms with Gasteiger partial charge in [-0.05, 0) is 24.5 Å². The molecule has 1 rings (SSSR count). The first-order valence-corrected chi connectivity index (χ1v) is 4.76. The van der Waals surface area contributed by atoms with Crippen molar-refractivity contribution >= 4 is 5.82 Å². The maximum atomic E-state index is 5.70. The van der Waals surface area contributed by atoms with Crippen LogP contribution < -0.4 is 5.73 Å². The van der Waals surface area contributed by atoms with Gasteiger partial charge in [-0.2, -0.15) is 0 Å². The molecule has 1 heterocycles. The number of hydrogen-bond acceptors (Lipinski definition) is 1. The second kappa shape index (κ2) is 4.86. The standard InChI is InChI=1S/C10H18N2/c1-2-3-4-5-6-9-7-8-12-10(9)11/h7-8,12H,2-6,11H2,1H3. The smallest absolute Gasteiger partial charge is 0.103 e. The highest BCUT2D eigenvalue weighted by Gasteiger charge is 1.98. The lowest BCUT2D eigenvalue weighted by molar-refractivity contribution is 0.667. The molecular weight excluding hydrogens is 148 g/mol. The van der Waals surface area contributed by atoms with Gasteiger partial charge in [0.05, 0.1) is 0 Å². The molecule has 1 aromatic rings. The van der Waals surface area contributed by atoms with Gasteiger partial charge in [-0.1, -0.05) is 26.2 Å². The van der Waals surface area contributed by atoms with Crippen LogP contribution in [0.2, 0.25) is 0 Å². The van der Waals surface area contributed by atoms with Crippen LogP contribution in [0, 0.1) is 0 Å². The van der Waals surface area contributed by atoms with Crippen molar-refractivity contribution in [3.8, 4) is 0 Å². The molecule has 0 unspecified atom stereocenters. The second-order valence-electron chi connectivity index (χ2n) is 3.23. The number of nitrogens with two attached hydrogens (primary N) is 1. The Bertz CT molecular complexity index is 215. The molecule has 0 amide bonds. The molecule has 0 saturated carbocycles. The van der Waals surface area contributed by atoms with E-state index in [0.29, 0.717) is 0 Å². The SMILES string of the molecule is CCCCCCc1cc[nH]c1N. The fraction of sp³-hybridized carbons (Fsp3) is 0.600. The minimum atomic E-state index is 0.839. The molecule has 0 atom stereocenters. The Morgan fingerprint density at radius 3 is 2.75 bits per heavy atom.